The van der Waals surface area contributed by atoms with E-state index >= 15 is 0 Å². The summed E-state index contributed by atoms with van der Waals surface area (Å²) in [4.78, 5) is 12.8. The molecule has 0 fully saturated rings. The van der Waals surface area contributed by atoms with Crippen LogP contribution in [0.2, 0.25) is 10.0 Å². The normalized spacial score (nSPS) is 11.0. The van der Waals surface area contributed by atoms with Gasteiger partial charge in [-0.2, -0.15) is 5.10 Å². The topological polar surface area (TPSA) is 59.9 Å². The van der Waals surface area contributed by atoms with Gasteiger partial charge in [-0.25, -0.2) is 5.43 Å². The lowest BCUT2D eigenvalue weighted by Crippen LogP contribution is -2.18. The highest BCUT2D eigenvalue weighted by Gasteiger charge is 2.13. The van der Waals surface area contributed by atoms with Crippen LogP contribution in [0.25, 0.3) is 10.8 Å². The quantitative estimate of drug-likeness (QED) is 0.243. The van der Waals surface area contributed by atoms with E-state index < -0.39 is 0 Å². The number of nitrogens with one attached hydrogen (secondary N) is 1. The Hall–Kier alpha value is -3.54. The first-order chi connectivity index (χ1) is 16.0. The monoisotopic (exact) mass is 478 g/mol. The third kappa shape index (κ3) is 5.45. The lowest BCUT2D eigenvalue weighted by molar-refractivity contribution is 0.0952. The standard InChI is InChI=1S/C26H20Cl2N2O3/c1-32-25-14-19-7-3-2-6-18(19)13-21(25)26(31)30-29-15-20-8-4-5-9-24(20)33-16-17-10-11-22(27)23(28)12-17/h2-15H,16H2,1H3,(H,30,31)/b29-15-. The van der Waals surface area contributed by atoms with Crippen LogP contribution in [0.1, 0.15) is 21.5 Å². The Morgan fingerprint density at radius 2 is 1.64 bits per heavy atom. The summed E-state index contributed by atoms with van der Waals surface area (Å²) in [5, 5.41) is 7.01. The van der Waals surface area contributed by atoms with E-state index in [1.54, 1.807) is 18.2 Å². The number of hydrazone groups is 1. The van der Waals surface area contributed by atoms with Gasteiger partial charge in [0.25, 0.3) is 5.91 Å². The van der Waals surface area contributed by atoms with Gasteiger partial charge in [-0.3, -0.25) is 4.79 Å². The highest BCUT2D eigenvalue weighted by molar-refractivity contribution is 6.42. The molecule has 0 unspecified atom stereocenters. The summed E-state index contributed by atoms with van der Waals surface area (Å²) in [6.07, 6.45) is 1.54. The number of nitrogens with zero attached hydrogens (tertiary/aromatic N) is 1. The zero-order valence-electron chi connectivity index (χ0n) is 17.7. The van der Waals surface area contributed by atoms with Crippen molar-refractivity contribution in [3.63, 3.8) is 0 Å². The largest absolute Gasteiger partial charge is 0.496 e. The molecular weight excluding hydrogens is 459 g/mol. The number of carbonyl (C=O) groups excluding carboxylic acids is 1. The van der Waals surface area contributed by atoms with Crippen molar-refractivity contribution in [2.45, 2.75) is 6.61 Å². The summed E-state index contributed by atoms with van der Waals surface area (Å²) in [6.45, 7) is 0.308. The second kappa shape index (κ2) is 10.4. The zero-order valence-corrected chi connectivity index (χ0v) is 19.2. The number of fused-ring (bicyclic) bond motifs is 1. The van der Waals surface area contributed by atoms with E-state index in [9.17, 15) is 4.79 Å². The van der Waals surface area contributed by atoms with Gasteiger partial charge in [0.1, 0.15) is 18.1 Å². The van der Waals surface area contributed by atoms with Gasteiger partial charge >= 0.3 is 0 Å². The lowest BCUT2D eigenvalue weighted by Gasteiger charge is -2.10. The Bertz CT molecular complexity index is 1340. The van der Waals surface area contributed by atoms with Gasteiger partial charge in [0.2, 0.25) is 0 Å². The number of rotatable bonds is 7. The number of benzene rings is 4. The molecule has 0 heterocycles. The number of methoxy groups -OCH3 is 1. The van der Waals surface area contributed by atoms with Crippen molar-refractivity contribution in [3.05, 3.63) is 106 Å². The Morgan fingerprint density at radius 1 is 0.909 bits per heavy atom. The minimum Gasteiger partial charge on any atom is -0.496 e. The van der Waals surface area contributed by atoms with Crippen molar-refractivity contribution < 1.29 is 14.3 Å². The molecule has 0 aliphatic rings. The molecule has 0 spiro atoms. The van der Waals surface area contributed by atoms with Crippen molar-refractivity contribution in [2.24, 2.45) is 5.10 Å². The summed E-state index contributed by atoms with van der Waals surface area (Å²) in [5.41, 5.74) is 4.56. The third-order valence-electron chi connectivity index (χ3n) is 4.98. The molecule has 0 aliphatic heterocycles. The Morgan fingerprint density at radius 3 is 2.39 bits per heavy atom. The van der Waals surface area contributed by atoms with Crippen LogP contribution in [-0.4, -0.2) is 19.2 Å². The number of carbonyl (C=O) groups is 1. The van der Waals surface area contributed by atoms with Crippen LogP contribution in [-0.2, 0) is 6.61 Å². The van der Waals surface area contributed by atoms with E-state index in [1.807, 2.05) is 60.7 Å². The molecule has 0 saturated heterocycles. The lowest BCUT2D eigenvalue weighted by atomic mass is 10.1. The van der Waals surface area contributed by atoms with Crippen molar-refractivity contribution in [2.75, 3.05) is 7.11 Å². The minimum atomic E-state index is -0.372. The molecule has 5 nitrogen and oxygen atoms in total. The second-order valence-corrected chi connectivity index (χ2v) is 7.99. The average Bonchev–Trinajstić information content (AvgIpc) is 2.84. The molecule has 4 aromatic carbocycles. The molecular formula is C26H20Cl2N2O3. The first-order valence-corrected chi connectivity index (χ1v) is 10.9. The maximum atomic E-state index is 12.8. The van der Waals surface area contributed by atoms with Gasteiger partial charge in [-0.1, -0.05) is 65.7 Å². The summed E-state index contributed by atoms with van der Waals surface area (Å²) < 4.78 is 11.3. The number of hydrogen-bond donors (Lipinski definition) is 1. The smallest absolute Gasteiger partial charge is 0.275 e. The van der Waals surface area contributed by atoms with Crippen LogP contribution in [0.4, 0.5) is 0 Å². The molecule has 4 rings (SSSR count). The predicted molar refractivity (Wildman–Crippen MR) is 133 cm³/mol. The molecule has 1 amide bonds. The number of hydrogen-bond acceptors (Lipinski definition) is 4. The van der Waals surface area contributed by atoms with E-state index in [2.05, 4.69) is 10.5 Å². The van der Waals surface area contributed by atoms with Gasteiger partial charge in [0.15, 0.2) is 0 Å². The average molecular weight is 479 g/mol. The molecule has 4 aromatic rings. The second-order valence-electron chi connectivity index (χ2n) is 7.17. The van der Waals surface area contributed by atoms with Crippen LogP contribution in [0.15, 0.2) is 84.0 Å². The number of para-hydroxylation sites is 1. The predicted octanol–water partition coefficient (Wildman–Crippen LogP) is 6.50. The Balaban J connectivity index is 1.47. The van der Waals surface area contributed by atoms with Crippen LogP contribution in [0.3, 0.4) is 0 Å². The number of amides is 1. The maximum Gasteiger partial charge on any atom is 0.275 e. The molecule has 0 aromatic heterocycles. The third-order valence-corrected chi connectivity index (χ3v) is 5.72. The number of halogens is 2. The minimum absolute atomic E-state index is 0.308. The zero-order chi connectivity index (χ0) is 23.2. The Labute approximate surface area is 201 Å². The van der Waals surface area contributed by atoms with Gasteiger partial charge in [-0.15, -0.1) is 0 Å². The van der Waals surface area contributed by atoms with E-state index in [-0.39, 0.29) is 5.91 Å². The summed E-state index contributed by atoms with van der Waals surface area (Å²) in [5.74, 6) is 0.722. The molecule has 166 valence electrons. The fourth-order valence-electron chi connectivity index (χ4n) is 3.30. The van der Waals surface area contributed by atoms with Gasteiger partial charge in [0, 0.05) is 5.56 Å². The van der Waals surface area contributed by atoms with Crippen LogP contribution < -0.4 is 14.9 Å². The molecule has 0 bridgehead atoms. The van der Waals surface area contributed by atoms with Crippen molar-refractivity contribution >= 4 is 46.1 Å². The summed E-state index contributed by atoms with van der Waals surface area (Å²) in [7, 11) is 1.53. The van der Waals surface area contributed by atoms with Crippen molar-refractivity contribution in [1.82, 2.24) is 5.43 Å². The van der Waals surface area contributed by atoms with E-state index in [4.69, 9.17) is 32.7 Å². The van der Waals surface area contributed by atoms with E-state index in [1.165, 1.54) is 13.3 Å². The SMILES string of the molecule is COc1cc2ccccc2cc1C(=O)N/N=C\c1ccccc1OCc1ccc(Cl)c(Cl)c1. The van der Waals surface area contributed by atoms with Gasteiger partial charge in [-0.05, 0) is 52.7 Å². The highest BCUT2D eigenvalue weighted by Crippen LogP contribution is 2.26. The fraction of sp³-hybridized carbons (Fsp3) is 0.0769. The van der Waals surface area contributed by atoms with E-state index in [0.29, 0.717) is 39.3 Å². The van der Waals surface area contributed by atoms with Crippen LogP contribution in [0, 0.1) is 0 Å². The molecule has 0 atom stereocenters. The van der Waals surface area contributed by atoms with E-state index in [0.717, 1.165) is 16.3 Å². The van der Waals surface area contributed by atoms with Crippen LogP contribution in [0.5, 0.6) is 11.5 Å². The van der Waals surface area contributed by atoms with Crippen molar-refractivity contribution in [1.29, 1.82) is 0 Å². The molecule has 1 N–H and O–H groups in total. The first kappa shape index (κ1) is 22.6. The van der Waals surface area contributed by atoms with Gasteiger partial charge in [0.05, 0.1) is 28.9 Å². The molecule has 33 heavy (non-hydrogen) atoms. The maximum absolute atomic E-state index is 12.8. The van der Waals surface area contributed by atoms with Crippen molar-refractivity contribution in [3.8, 4) is 11.5 Å². The van der Waals surface area contributed by atoms with Gasteiger partial charge < -0.3 is 9.47 Å². The Kier molecular flexibility index (Phi) is 7.13. The first-order valence-electron chi connectivity index (χ1n) is 10.1. The highest BCUT2D eigenvalue weighted by atomic mass is 35.5. The summed E-state index contributed by atoms with van der Waals surface area (Å²) in [6, 6.07) is 24.1. The molecule has 0 saturated carbocycles. The molecule has 0 aliphatic carbocycles. The summed E-state index contributed by atoms with van der Waals surface area (Å²) >= 11 is 12.0. The van der Waals surface area contributed by atoms with Crippen LogP contribution >= 0.6 is 23.2 Å². The molecule has 7 heteroatoms. The number of ether oxygens (including phenoxy) is 2. The fourth-order valence-corrected chi connectivity index (χ4v) is 3.62. The molecule has 0 radical (unpaired) electrons.